The van der Waals surface area contributed by atoms with Gasteiger partial charge in [-0.3, -0.25) is 4.79 Å². The van der Waals surface area contributed by atoms with Crippen LogP contribution in [0.25, 0.3) is 0 Å². The van der Waals surface area contributed by atoms with E-state index >= 15 is 0 Å². The Kier molecular flexibility index (Phi) is 5.49. The van der Waals surface area contributed by atoms with Crippen LogP contribution in [0.4, 0.5) is 10.5 Å². The lowest BCUT2D eigenvalue weighted by molar-refractivity contribution is 0.101. The van der Waals surface area contributed by atoms with Crippen LogP contribution >= 0.6 is 0 Å². The zero-order valence-electron chi connectivity index (χ0n) is 13.2. The third kappa shape index (κ3) is 4.93. The summed E-state index contributed by atoms with van der Waals surface area (Å²) in [7, 11) is 0. The molecule has 23 heavy (non-hydrogen) atoms. The molecule has 5 nitrogen and oxygen atoms in total. The molecular formula is C18H20N2O3. The van der Waals surface area contributed by atoms with Gasteiger partial charge in [-0.25, -0.2) is 4.79 Å². The maximum atomic E-state index is 11.9. The standard InChI is InChI=1S/C18H20N2O3/c1-12(21)15-8-6-14(7-9-15)11-19-18(23)20-17-5-3-4-16(10-17)13(2)22/h3-10,12,21H,11H2,1-2H3,(H2,19,20,23)/t12-/m1/s1. The van der Waals surface area contributed by atoms with E-state index in [-0.39, 0.29) is 11.8 Å². The number of carbonyl (C=O) groups excluding carboxylic acids is 2. The molecule has 3 N–H and O–H groups in total. The minimum Gasteiger partial charge on any atom is -0.389 e. The molecule has 0 heterocycles. The number of benzene rings is 2. The number of aliphatic hydroxyl groups excluding tert-OH is 1. The first-order chi connectivity index (χ1) is 11.0. The first-order valence-electron chi connectivity index (χ1n) is 7.38. The largest absolute Gasteiger partial charge is 0.389 e. The summed E-state index contributed by atoms with van der Waals surface area (Å²) in [4.78, 5) is 23.2. The van der Waals surface area contributed by atoms with E-state index in [0.717, 1.165) is 11.1 Å². The fraction of sp³-hybridized carbons (Fsp3) is 0.222. The van der Waals surface area contributed by atoms with E-state index in [9.17, 15) is 14.7 Å². The van der Waals surface area contributed by atoms with E-state index in [2.05, 4.69) is 10.6 Å². The van der Waals surface area contributed by atoms with Gasteiger partial charge in [0, 0.05) is 17.8 Å². The third-order valence-corrected chi connectivity index (χ3v) is 3.44. The summed E-state index contributed by atoms with van der Waals surface area (Å²) in [6.07, 6.45) is -0.506. The van der Waals surface area contributed by atoms with Crippen molar-refractivity contribution in [3.63, 3.8) is 0 Å². The van der Waals surface area contributed by atoms with Crippen LogP contribution in [0.2, 0.25) is 0 Å². The van der Waals surface area contributed by atoms with Crippen molar-refractivity contribution in [3.05, 3.63) is 65.2 Å². The number of hydrogen-bond acceptors (Lipinski definition) is 3. The van der Waals surface area contributed by atoms with Crippen molar-refractivity contribution in [2.24, 2.45) is 0 Å². The molecule has 120 valence electrons. The monoisotopic (exact) mass is 312 g/mol. The zero-order valence-corrected chi connectivity index (χ0v) is 13.2. The number of nitrogens with one attached hydrogen (secondary N) is 2. The van der Waals surface area contributed by atoms with Crippen LogP contribution < -0.4 is 10.6 Å². The molecular weight excluding hydrogens is 292 g/mol. The number of Topliss-reactive ketones (excluding diaryl/α,β-unsaturated/α-hetero) is 1. The maximum absolute atomic E-state index is 11.9. The summed E-state index contributed by atoms with van der Waals surface area (Å²) in [6, 6.07) is 13.8. The van der Waals surface area contributed by atoms with Crippen molar-refractivity contribution in [3.8, 4) is 0 Å². The van der Waals surface area contributed by atoms with Gasteiger partial charge in [0.25, 0.3) is 0 Å². The zero-order chi connectivity index (χ0) is 16.8. The second-order valence-electron chi connectivity index (χ2n) is 5.36. The highest BCUT2D eigenvalue weighted by molar-refractivity contribution is 5.96. The lowest BCUT2D eigenvalue weighted by atomic mass is 10.1. The second kappa shape index (κ2) is 7.56. The van der Waals surface area contributed by atoms with Crippen LogP contribution in [0.3, 0.4) is 0 Å². The number of aliphatic hydroxyl groups is 1. The topological polar surface area (TPSA) is 78.4 Å². The van der Waals surface area contributed by atoms with Crippen molar-refractivity contribution in [2.75, 3.05) is 5.32 Å². The number of amides is 2. The first kappa shape index (κ1) is 16.7. The molecule has 0 saturated carbocycles. The molecule has 2 amide bonds. The van der Waals surface area contributed by atoms with Crippen molar-refractivity contribution in [2.45, 2.75) is 26.5 Å². The molecule has 2 aromatic rings. The summed E-state index contributed by atoms with van der Waals surface area (Å²) in [5.41, 5.74) is 2.89. The van der Waals surface area contributed by atoms with E-state index in [1.807, 2.05) is 24.3 Å². The van der Waals surface area contributed by atoms with Gasteiger partial charge in [-0.15, -0.1) is 0 Å². The van der Waals surface area contributed by atoms with Crippen LogP contribution in [0.15, 0.2) is 48.5 Å². The SMILES string of the molecule is CC(=O)c1cccc(NC(=O)NCc2ccc([C@@H](C)O)cc2)c1. The fourth-order valence-electron chi connectivity index (χ4n) is 2.09. The Labute approximate surface area is 135 Å². The summed E-state index contributed by atoms with van der Waals surface area (Å²) >= 11 is 0. The average molecular weight is 312 g/mol. The highest BCUT2D eigenvalue weighted by atomic mass is 16.3. The Morgan fingerprint density at radius 3 is 2.43 bits per heavy atom. The van der Waals surface area contributed by atoms with Crippen LogP contribution in [-0.4, -0.2) is 16.9 Å². The molecule has 0 spiro atoms. The van der Waals surface area contributed by atoms with Gasteiger partial charge in [0.15, 0.2) is 5.78 Å². The first-order valence-corrected chi connectivity index (χ1v) is 7.38. The average Bonchev–Trinajstić information content (AvgIpc) is 2.53. The van der Waals surface area contributed by atoms with Gasteiger partial charge < -0.3 is 15.7 Å². The Balaban J connectivity index is 1.90. The van der Waals surface area contributed by atoms with Gasteiger partial charge in [0.2, 0.25) is 0 Å². The smallest absolute Gasteiger partial charge is 0.319 e. The van der Waals surface area contributed by atoms with E-state index in [0.29, 0.717) is 17.8 Å². The van der Waals surface area contributed by atoms with E-state index in [1.165, 1.54) is 6.92 Å². The fourth-order valence-corrected chi connectivity index (χ4v) is 2.09. The van der Waals surface area contributed by atoms with Gasteiger partial charge in [-0.1, -0.05) is 36.4 Å². The Morgan fingerprint density at radius 2 is 1.83 bits per heavy atom. The minimum atomic E-state index is -0.506. The molecule has 0 unspecified atom stereocenters. The minimum absolute atomic E-state index is 0.0488. The van der Waals surface area contributed by atoms with Crippen molar-refractivity contribution in [1.82, 2.24) is 5.32 Å². The number of urea groups is 1. The molecule has 2 rings (SSSR count). The van der Waals surface area contributed by atoms with Gasteiger partial charge >= 0.3 is 6.03 Å². The van der Waals surface area contributed by atoms with Crippen LogP contribution in [0.5, 0.6) is 0 Å². The normalized spacial score (nSPS) is 11.6. The Morgan fingerprint density at radius 1 is 1.13 bits per heavy atom. The van der Waals surface area contributed by atoms with Crippen LogP contribution in [0.1, 0.15) is 41.4 Å². The molecule has 0 saturated heterocycles. The number of carbonyl (C=O) groups is 2. The van der Waals surface area contributed by atoms with E-state index in [1.54, 1.807) is 31.2 Å². The molecule has 0 bridgehead atoms. The second-order valence-corrected chi connectivity index (χ2v) is 5.36. The number of hydrogen-bond donors (Lipinski definition) is 3. The van der Waals surface area contributed by atoms with E-state index < -0.39 is 6.10 Å². The number of rotatable bonds is 5. The predicted molar refractivity (Wildman–Crippen MR) is 89.4 cm³/mol. The van der Waals surface area contributed by atoms with Gasteiger partial charge in [0.1, 0.15) is 0 Å². The lowest BCUT2D eigenvalue weighted by Crippen LogP contribution is -2.28. The Bertz CT molecular complexity index is 694. The number of ketones is 1. The third-order valence-electron chi connectivity index (χ3n) is 3.44. The predicted octanol–water partition coefficient (Wildman–Crippen LogP) is 3.26. The maximum Gasteiger partial charge on any atom is 0.319 e. The summed E-state index contributed by atoms with van der Waals surface area (Å²) in [5.74, 6) is -0.0488. The van der Waals surface area contributed by atoms with Gasteiger partial charge in [0.05, 0.1) is 6.10 Å². The molecule has 0 aliphatic heterocycles. The van der Waals surface area contributed by atoms with Crippen molar-refractivity contribution >= 4 is 17.5 Å². The Hall–Kier alpha value is -2.66. The lowest BCUT2D eigenvalue weighted by Gasteiger charge is -2.09. The van der Waals surface area contributed by atoms with Crippen molar-refractivity contribution in [1.29, 1.82) is 0 Å². The molecule has 0 radical (unpaired) electrons. The van der Waals surface area contributed by atoms with Gasteiger partial charge in [-0.05, 0) is 37.1 Å². The molecule has 5 heteroatoms. The van der Waals surface area contributed by atoms with Crippen LogP contribution in [0, 0.1) is 0 Å². The molecule has 0 aliphatic carbocycles. The quantitative estimate of drug-likeness (QED) is 0.741. The summed E-state index contributed by atoms with van der Waals surface area (Å²) < 4.78 is 0. The molecule has 0 aliphatic rings. The highest BCUT2D eigenvalue weighted by Gasteiger charge is 2.05. The van der Waals surface area contributed by atoms with E-state index in [4.69, 9.17) is 0 Å². The molecule has 1 atom stereocenters. The molecule has 0 aromatic heterocycles. The highest BCUT2D eigenvalue weighted by Crippen LogP contribution is 2.13. The summed E-state index contributed by atoms with van der Waals surface area (Å²) in [6.45, 7) is 3.56. The molecule has 0 fully saturated rings. The van der Waals surface area contributed by atoms with Crippen LogP contribution in [-0.2, 0) is 6.54 Å². The van der Waals surface area contributed by atoms with Gasteiger partial charge in [-0.2, -0.15) is 0 Å². The van der Waals surface area contributed by atoms with Crippen molar-refractivity contribution < 1.29 is 14.7 Å². The molecule has 2 aromatic carbocycles. The number of anilines is 1. The summed E-state index contributed by atoms with van der Waals surface area (Å²) in [5, 5.41) is 14.9.